The summed E-state index contributed by atoms with van der Waals surface area (Å²) in [6.45, 7) is 9.50. The van der Waals surface area contributed by atoms with Crippen molar-refractivity contribution >= 4 is 22.9 Å². The molecule has 196 valence electrons. The van der Waals surface area contributed by atoms with Crippen LogP contribution in [0.1, 0.15) is 43.7 Å². The molecular weight excluding hydrogens is 472 g/mol. The molecule has 38 heavy (non-hydrogen) atoms. The molecule has 0 saturated carbocycles. The number of nitrogens with one attached hydrogen (secondary N) is 1. The number of amides is 1. The molecule has 0 atom stereocenters. The molecular formula is C32H36N4O2. The zero-order chi connectivity index (χ0) is 27.4. The maximum absolute atomic E-state index is 13.5. The van der Waals surface area contributed by atoms with Gasteiger partial charge >= 0.3 is 0 Å². The second kappa shape index (κ2) is 11.0. The zero-order valence-corrected chi connectivity index (χ0v) is 22.7. The number of nitrogens with zero attached hydrogens (tertiary/aromatic N) is 2. The van der Waals surface area contributed by atoms with Crippen molar-refractivity contribution in [3.05, 3.63) is 108 Å². The second-order valence-corrected chi connectivity index (χ2v) is 10.6. The van der Waals surface area contributed by atoms with E-state index in [2.05, 4.69) is 45.0 Å². The fourth-order valence-electron chi connectivity index (χ4n) is 5.07. The summed E-state index contributed by atoms with van der Waals surface area (Å²) in [6, 6.07) is 24.8. The summed E-state index contributed by atoms with van der Waals surface area (Å²) >= 11 is 0. The fraction of sp³-hybridized carbons (Fsp3) is 0.250. The van der Waals surface area contributed by atoms with Crippen molar-refractivity contribution in [1.82, 2.24) is 9.30 Å². The summed E-state index contributed by atoms with van der Waals surface area (Å²) in [5, 5.41) is 2.79. The van der Waals surface area contributed by atoms with Crippen LogP contribution in [0.3, 0.4) is 0 Å². The smallest absolute Gasteiger partial charge is 0.298 e. The van der Waals surface area contributed by atoms with Crippen LogP contribution in [-0.2, 0) is 10.2 Å². The van der Waals surface area contributed by atoms with Crippen LogP contribution < -0.4 is 11.1 Å². The summed E-state index contributed by atoms with van der Waals surface area (Å²) in [5.41, 5.74) is 11.1. The number of benzene rings is 2. The Morgan fingerprint density at radius 3 is 2.29 bits per heavy atom. The Hall–Kier alpha value is -4.32. The van der Waals surface area contributed by atoms with Gasteiger partial charge in [0.15, 0.2) is 0 Å². The number of Topliss-reactive ketones (excluding diaryl/α,β-unsaturated/α-hetero) is 1. The summed E-state index contributed by atoms with van der Waals surface area (Å²) in [6.07, 6.45) is 3.47. The SMILES string of the molecule is CC(C)CN(C)/C(=C\N)C(C)(C)c1ccc(NC(=O)C(=O)c2c(-c3ccccc3)cc3ccccn23)cc1. The molecule has 6 heteroatoms. The van der Waals surface area contributed by atoms with Gasteiger partial charge < -0.3 is 20.4 Å². The van der Waals surface area contributed by atoms with Gasteiger partial charge in [0.1, 0.15) is 5.69 Å². The lowest BCUT2D eigenvalue weighted by Crippen LogP contribution is -2.35. The first-order valence-electron chi connectivity index (χ1n) is 12.9. The maximum Gasteiger partial charge on any atom is 0.298 e. The molecule has 0 aliphatic carbocycles. The lowest BCUT2D eigenvalue weighted by Gasteiger charge is -2.36. The number of hydrogen-bond donors (Lipinski definition) is 2. The van der Waals surface area contributed by atoms with Crippen LogP contribution in [0, 0.1) is 5.92 Å². The van der Waals surface area contributed by atoms with Crippen LogP contribution in [0.15, 0.2) is 97.0 Å². The van der Waals surface area contributed by atoms with E-state index >= 15 is 0 Å². The quantitative estimate of drug-likeness (QED) is 0.212. The average Bonchev–Trinajstić information content (AvgIpc) is 3.28. The lowest BCUT2D eigenvalue weighted by atomic mass is 9.80. The van der Waals surface area contributed by atoms with E-state index in [1.54, 1.807) is 16.8 Å². The molecule has 0 radical (unpaired) electrons. The molecule has 3 N–H and O–H groups in total. The molecule has 2 heterocycles. The normalized spacial score (nSPS) is 12.1. The number of anilines is 1. The van der Waals surface area contributed by atoms with Crippen molar-refractivity contribution in [2.45, 2.75) is 33.1 Å². The van der Waals surface area contributed by atoms with E-state index in [0.717, 1.165) is 34.4 Å². The average molecular weight is 509 g/mol. The molecule has 6 nitrogen and oxygen atoms in total. The van der Waals surface area contributed by atoms with E-state index < -0.39 is 11.7 Å². The van der Waals surface area contributed by atoms with Crippen molar-refractivity contribution < 1.29 is 9.59 Å². The summed E-state index contributed by atoms with van der Waals surface area (Å²) < 4.78 is 1.77. The molecule has 0 aliphatic heterocycles. The van der Waals surface area contributed by atoms with Gasteiger partial charge in [0, 0.05) is 53.9 Å². The van der Waals surface area contributed by atoms with Crippen molar-refractivity contribution in [1.29, 1.82) is 0 Å². The van der Waals surface area contributed by atoms with E-state index in [9.17, 15) is 9.59 Å². The number of ketones is 1. The van der Waals surface area contributed by atoms with E-state index in [-0.39, 0.29) is 5.41 Å². The number of aromatic nitrogens is 1. The van der Waals surface area contributed by atoms with Crippen LogP contribution in [-0.4, -0.2) is 34.6 Å². The Morgan fingerprint density at radius 2 is 1.66 bits per heavy atom. The standard InChI is InChI=1S/C32H36N4O2/c1-22(2)21-35(5)28(20-33)32(3,4)24-14-16-25(17-15-24)34-31(38)30(37)29-27(23-11-7-6-8-12-23)19-26-13-9-10-18-36(26)29/h6-20,22H,21,33H2,1-5H3,(H,34,38)/b28-20-. The predicted octanol–water partition coefficient (Wildman–Crippen LogP) is 6.09. The molecule has 0 spiro atoms. The number of likely N-dealkylation sites (N-methyl/N-ethyl adjacent to an activating group) is 1. The second-order valence-electron chi connectivity index (χ2n) is 10.6. The number of hydrogen-bond acceptors (Lipinski definition) is 4. The highest BCUT2D eigenvalue weighted by molar-refractivity contribution is 6.47. The molecule has 2 aromatic carbocycles. The Bertz CT molecular complexity index is 1460. The monoisotopic (exact) mass is 508 g/mol. The first kappa shape index (κ1) is 26.7. The van der Waals surface area contributed by atoms with Crippen molar-refractivity contribution in [2.24, 2.45) is 11.7 Å². The van der Waals surface area contributed by atoms with Crippen molar-refractivity contribution in [3.63, 3.8) is 0 Å². The summed E-state index contributed by atoms with van der Waals surface area (Å²) in [4.78, 5) is 28.8. The third-order valence-corrected chi connectivity index (χ3v) is 6.90. The lowest BCUT2D eigenvalue weighted by molar-refractivity contribution is -0.112. The highest BCUT2D eigenvalue weighted by atomic mass is 16.2. The molecule has 0 fully saturated rings. The molecule has 0 aliphatic rings. The number of allylic oxidation sites excluding steroid dienone is 1. The highest BCUT2D eigenvalue weighted by Crippen LogP contribution is 2.34. The van der Waals surface area contributed by atoms with Gasteiger partial charge in [-0.1, -0.05) is 76.2 Å². The molecule has 0 unspecified atom stereocenters. The van der Waals surface area contributed by atoms with Gasteiger partial charge in [0.05, 0.1) is 0 Å². The van der Waals surface area contributed by atoms with Gasteiger partial charge in [-0.3, -0.25) is 9.59 Å². The third kappa shape index (κ3) is 5.35. The van der Waals surface area contributed by atoms with Crippen LogP contribution in [0.25, 0.3) is 16.6 Å². The van der Waals surface area contributed by atoms with E-state index in [1.807, 2.05) is 78.9 Å². The van der Waals surface area contributed by atoms with Crippen LogP contribution >= 0.6 is 0 Å². The van der Waals surface area contributed by atoms with Crippen molar-refractivity contribution in [3.8, 4) is 11.1 Å². The molecule has 0 bridgehead atoms. The Kier molecular flexibility index (Phi) is 7.72. The minimum absolute atomic E-state index is 0.341. The number of carbonyl (C=O) groups is 2. The van der Waals surface area contributed by atoms with Gasteiger partial charge in [0.25, 0.3) is 11.7 Å². The first-order valence-corrected chi connectivity index (χ1v) is 12.9. The topological polar surface area (TPSA) is 79.8 Å². The molecule has 4 rings (SSSR count). The molecule has 2 aromatic heterocycles. The number of pyridine rings is 1. The number of fused-ring (bicyclic) bond motifs is 1. The fourth-order valence-corrected chi connectivity index (χ4v) is 5.07. The maximum atomic E-state index is 13.5. The van der Waals surface area contributed by atoms with Gasteiger partial charge in [-0.05, 0) is 47.4 Å². The number of nitrogens with two attached hydrogens (primary N) is 1. The predicted molar refractivity (Wildman–Crippen MR) is 155 cm³/mol. The number of carbonyl (C=O) groups excluding carboxylic acids is 2. The van der Waals surface area contributed by atoms with Gasteiger partial charge in [-0.2, -0.15) is 0 Å². The van der Waals surface area contributed by atoms with Crippen LogP contribution in [0.2, 0.25) is 0 Å². The highest BCUT2D eigenvalue weighted by Gasteiger charge is 2.29. The summed E-state index contributed by atoms with van der Waals surface area (Å²) in [7, 11) is 2.05. The van der Waals surface area contributed by atoms with Gasteiger partial charge in [-0.25, -0.2) is 0 Å². The van der Waals surface area contributed by atoms with Gasteiger partial charge in [0.2, 0.25) is 0 Å². The zero-order valence-electron chi connectivity index (χ0n) is 22.7. The Morgan fingerprint density at radius 1 is 1.00 bits per heavy atom. The minimum atomic E-state index is -0.683. The Labute approximate surface area is 224 Å². The van der Waals surface area contributed by atoms with E-state index in [0.29, 0.717) is 17.3 Å². The van der Waals surface area contributed by atoms with Crippen molar-refractivity contribution in [2.75, 3.05) is 18.9 Å². The van der Waals surface area contributed by atoms with Crippen LogP contribution in [0.5, 0.6) is 0 Å². The van der Waals surface area contributed by atoms with Crippen LogP contribution in [0.4, 0.5) is 5.69 Å². The van der Waals surface area contributed by atoms with E-state index in [4.69, 9.17) is 5.73 Å². The first-order chi connectivity index (χ1) is 18.1. The largest absolute Gasteiger partial charge is 0.403 e. The third-order valence-electron chi connectivity index (χ3n) is 6.90. The molecule has 4 aromatic rings. The van der Waals surface area contributed by atoms with Gasteiger partial charge in [-0.15, -0.1) is 0 Å². The van der Waals surface area contributed by atoms with E-state index in [1.165, 1.54) is 0 Å². The summed E-state index contributed by atoms with van der Waals surface area (Å²) in [5.74, 6) is -0.777. The molecule has 1 amide bonds. The molecule has 0 saturated heterocycles. The Balaban J connectivity index is 1.58. The number of rotatable bonds is 9. The minimum Gasteiger partial charge on any atom is -0.403 e.